The van der Waals surface area contributed by atoms with Crippen molar-refractivity contribution in [2.75, 3.05) is 0 Å². The maximum absolute atomic E-state index is 4.62. The van der Waals surface area contributed by atoms with Gasteiger partial charge >= 0.3 is 86.1 Å². The van der Waals surface area contributed by atoms with Gasteiger partial charge in [0.1, 0.15) is 0 Å². The Labute approximate surface area is 86.2 Å². The number of amidine groups is 1. The standard InChI is InChI=1S/C7H19N2SeSi2/c1-11(2,3)8-7(10)9-12(4,5)6/h1-6H3,(H,8,9). The Morgan fingerprint density at radius 1 is 1.08 bits per heavy atom. The third-order valence-corrected chi connectivity index (χ3v) is 3.97. The number of hydrogen-bond donors (Lipinski definition) is 1. The summed E-state index contributed by atoms with van der Waals surface area (Å²) in [6.07, 6.45) is 0. The molecule has 0 heterocycles. The van der Waals surface area contributed by atoms with Crippen LogP contribution in [0, 0.1) is 0 Å². The summed E-state index contributed by atoms with van der Waals surface area (Å²) in [5.41, 5.74) is 0. The second kappa shape index (κ2) is 4.09. The van der Waals surface area contributed by atoms with E-state index in [2.05, 4.69) is 64.9 Å². The summed E-state index contributed by atoms with van der Waals surface area (Å²) in [4.78, 5) is 3.44. The molecule has 12 heavy (non-hydrogen) atoms. The fraction of sp³-hybridized carbons (Fsp3) is 0.857. The van der Waals surface area contributed by atoms with Gasteiger partial charge in [-0.1, -0.05) is 0 Å². The van der Waals surface area contributed by atoms with Crippen LogP contribution < -0.4 is 4.98 Å². The van der Waals surface area contributed by atoms with Crippen LogP contribution in [0.1, 0.15) is 0 Å². The molecule has 71 valence electrons. The molecule has 0 aliphatic rings. The average Bonchev–Trinajstić information content (AvgIpc) is 1.49. The summed E-state index contributed by atoms with van der Waals surface area (Å²) in [6, 6.07) is 0. The zero-order chi connectivity index (χ0) is 9.99. The van der Waals surface area contributed by atoms with E-state index in [4.69, 9.17) is 0 Å². The molecule has 0 bridgehead atoms. The summed E-state index contributed by atoms with van der Waals surface area (Å²) in [7, 11) is -2.51. The van der Waals surface area contributed by atoms with Crippen molar-refractivity contribution in [2.24, 2.45) is 4.66 Å². The Bertz CT molecular complexity index is 179. The van der Waals surface area contributed by atoms with Gasteiger partial charge in [-0.05, 0) is 0 Å². The first kappa shape index (κ1) is 12.4. The molecule has 0 spiro atoms. The molecule has 0 aromatic rings. The number of nitrogens with one attached hydrogen (secondary N) is 1. The molecular formula is C7H19N2SeSi2. The van der Waals surface area contributed by atoms with E-state index in [-0.39, 0.29) is 0 Å². The van der Waals surface area contributed by atoms with Crippen molar-refractivity contribution >= 4 is 37.2 Å². The second-order valence-electron chi connectivity index (χ2n) is 4.96. The molecule has 1 radical (unpaired) electrons. The van der Waals surface area contributed by atoms with E-state index < -0.39 is 16.5 Å². The Hall–Kier alpha value is 0.423. The van der Waals surface area contributed by atoms with E-state index in [0.29, 0.717) is 0 Å². The van der Waals surface area contributed by atoms with E-state index in [1.807, 2.05) is 0 Å². The van der Waals surface area contributed by atoms with E-state index in [0.717, 1.165) is 4.73 Å². The van der Waals surface area contributed by atoms with Gasteiger partial charge in [0.25, 0.3) is 0 Å². The SMILES string of the molecule is C[Si](C)(C)/N=C(\[Se])N[Si](C)(C)C. The van der Waals surface area contributed by atoms with E-state index in [1.54, 1.807) is 0 Å². The third kappa shape index (κ3) is 8.52. The summed E-state index contributed by atoms with van der Waals surface area (Å²) in [5, 5.41) is 0. The van der Waals surface area contributed by atoms with Gasteiger partial charge in [-0.25, -0.2) is 0 Å². The topological polar surface area (TPSA) is 24.4 Å². The van der Waals surface area contributed by atoms with Crippen molar-refractivity contribution < 1.29 is 0 Å². The van der Waals surface area contributed by atoms with Gasteiger partial charge < -0.3 is 0 Å². The van der Waals surface area contributed by atoms with Crippen LogP contribution in [0.3, 0.4) is 0 Å². The van der Waals surface area contributed by atoms with Crippen molar-refractivity contribution in [1.82, 2.24) is 4.98 Å². The third-order valence-electron chi connectivity index (χ3n) is 0.919. The molecule has 0 aromatic heterocycles. The summed E-state index contributed by atoms with van der Waals surface area (Å²) in [5.74, 6) is 0. The van der Waals surface area contributed by atoms with Crippen LogP contribution in [-0.2, 0) is 0 Å². The molecule has 0 aromatic carbocycles. The Morgan fingerprint density at radius 3 is 1.75 bits per heavy atom. The molecular weight excluding hydrogens is 247 g/mol. The Morgan fingerprint density at radius 2 is 1.50 bits per heavy atom. The first-order chi connectivity index (χ1) is 5.10. The molecule has 1 N–H and O–H groups in total. The van der Waals surface area contributed by atoms with Crippen LogP contribution >= 0.6 is 0 Å². The number of hydrogen-bond acceptors (Lipinski definition) is 1. The predicted octanol–water partition coefficient (Wildman–Crippen LogP) is 1.77. The summed E-state index contributed by atoms with van der Waals surface area (Å²) >= 11 is 3.00. The van der Waals surface area contributed by atoms with Gasteiger partial charge in [0, 0.05) is 0 Å². The zero-order valence-electron chi connectivity index (χ0n) is 8.86. The summed E-state index contributed by atoms with van der Waals surface area (Å²) in [6.45, 7) is 13.5. The molecule has 0 atom stereocenters. The van der Waals surface area contributed by atoms with Crippen molar-refractivity contribution in [3.8, 4) is 0 Å². The van der Waals surface area contributed by atoms with E-state index in [9.17, 15) is 0 Å². The van der Waals surface area contributed by atoms with Gasteiger partial charge in [-0.3, -0.25) is 0 Å². The quantitative estimate of drug-likeness (QED) is 0.460. The second-order valence-corrected chi connectivity index (χ2v) is 15.1. The van der Waals surface area contributed by atoms with Crippen LogP contribution in [-0.4, -0.2) is 37.2 Å². The number of rotatable bonds is 2. The fourth-order valence-corrected chi connectivity index (χ4v) is 5.78. The molecule has 0 amide bonds. The molecule has 5 heteroatoms. The van der Waals surface area contributed by atoms with Gasteiger partial charge in [0.2, 0.25) is 0 Å². The Balaban J connectivity index is 4.23. The van der Waals surface area contributed by atoms with Gasteiger partial charge in [0.15, 0.2) is 0 Å². The normalized spacial score (nSPS) is 14.7. The summed E-state index contributed by atoms with van der Waals surface area (Å²) < 4.78 is 5.63. The first-order valence-electron chi connectivity index (χ1n) is 4.15. The molecule has 0 fully saturated rings. The van der Waals surface area contributed by atoms with Crippen molar-refractivity contribution in [1.29, 1.82) is 0 Å². The van der Waals surface area contributed by atoms with Gasteiger partial charge in [0.05, 0.1) is 0 Å². The molecule has 0 aliphatic carbocycles. The zero-order valence-corrected chi connectivity index (χ0v) is 12.6. The van der Waals surface area contributed by atoms with Crippen molar-refractivity contribution in [3.63, 3.8) is 0 Å². The van der Waals surface area contributed by atoms with Crippen LogP contribution in [0.25, 0.3) is 0 Å². The molecule has 0 aliphatic heterocycles. The minimum atomic E-state index is -1.30. The predicted molar refractivity (Wildman–Crippen MR) is 63.0 cm³/mol. The number of nitrogens with zero attached hydrogens (tertiary/aromatic N) is 1. The van der Waals surface area contributed by atoms with Crippen LogP contribution in [0.4, 0.5) is 0 Å². The minimum absolute atomic E-state index is 1.01. The monoisotopic (exact) mass is 267 g/mol. The van der Waals surface area contributed by atoms with E-state index in [1.165, 1.54) is 0 Å². The van der Waals surface area contributed by atoms with E-state index >= 15 is 0 Å². The molecule has 0 unspecified atom stereocenters. The maximum atomic E-state index is 4.62. The van der Waals surface area contributed by atoms with Crippen molar-refractivity contribution in [2.45, 2.75) is 39.3 Å². The first-order valence-corrected chi connectivity index (χ1v) is 12.0. The average molecular weight is 266 g/mol. The molecule has 0 rings (SSSR count). The Kier molecular flexibility index (Phi) is 4.23. The van der Waals surface area contributed by atoms with Gasteiger partial charge in [-0.2, -0.15) is 0 Å². The van der Waals surface area contributed by atoms with Crippen LogP contribution in [0.5, 0.6) is 0 Å². The van der Waals surface area contributed by atoms with Crippen molar-refractivity contribution in [3.05, 3.63) is 0 Å². The van der Waals surface area contributed by atoms with Gasteiger partial charge in [-0.15, -0.1) is 0 Å². The van der Waals surface area contributed by atoms with Crippen LogP contribution in [0.15, 0.2) is 4.66 Å². The molecule has 0 saturated carbocycles. The van der Waals surface area contributed by atoms with Crippen LogP contribution in [0.2, 0.25) is 39.3 Å². The fourth-order valence-electron chi connectivity index (χ4n) is 0.653. The molecule has 0 saturated heterocycles. The molecule has 2 nitrogen and oxygen atoms in total.